The molecule has 0 aliphatic rings. The number of amides is 1. The zero-order valence-corrected chi connectivity index (χ0v) is 12.3. The van der Waals surface area contributed by atoms with Crippen molar-refractivity contribution >= 4 is 23.2 Å². The summed E-state index contributed by atoms with van der Waals surface area (Å²) in [6.07, 6.45) is 0.240. The minimum atomic E-state index is -0.374. The molecule has 0 saturated heterocycles. The molecule has 0 aliphatic heterocycles. The van der Waals surface area contributed by atoms with Gasteiger partial charge in [-0.2, -0.15) is 0 Å². The van der Waals surface area contributed by atoms with E-state index in [1.54, 1.807) is 19.1 Å². The van der Waals surface area contributed by atoms with Crippen molar-refractivity contribution in [2.24, 2.45) is 0 Å². The van der Waals surface area contributed by atoms with Crippen molar-refractivity contribution in [2.75, 3.05) is 11.9 Å². The van der Waals surface area contributed by atoms with Crippen LogP contribution in [0.4, 0.5) is 5.69 Å². The van der Waals surface area contributed by atoms with E-state index in [-0.39, 0.29) is 24.6 Å². The minimum Gasteiger partial charge on any atom is -0.393 e. The summed E-state index contributed by atoms with van der Waals surface area (Å²) < 4.78 is 0. The van der Waals surface area contributed by atoms with E-state index in [1.165, 1.54) is 0 Å². The van der Waals surface area contributed by atoms with Crippen LogP contribution in [0.1, 0.15) is 25.8 Å². The summed E-state index contributed by atoms with van der Waals surface area (Å²) in [5.74, 6) is -0.122. The predicted molar refractivity (Wildman–Crippen MR) is 78.6 cm³/mol. The lowest BCUT2D eigenvalue weighted by Crippen LogP contribution is -2.36. The molecule has 1 aromatic carbocycles. The number of benzene rings is 1. The molecule has 1 amide bonds. The van der Waals surface area contributed by atoms with Gasteiger partial charge < -0.3 is 15.7 Å². The number of aliphatic hydroxyl groups is 1. The van der Waals surface area contributed by atoms with Crippen molar-refractivity contribution in [3.63, 3.8) is 0 Å². The number of rotatable bonds is 6. The molecule has 0 saturated carbocycles. The zero-order chi connectivity index (χ0) is 14.4. The Morgan fingerprint density at radius 3 is 2.74 bits per heavy atom. The lowest BCUT2D eigenvalue weighted by atomic mass is 10.1. The maximum absolute atomic E-state index is 11.8. The summed E-state index contributed by atoms with van der Waals surface area (Å²) in [5.41, 5.74) is 1.69. The van der Waals surface area contributed by atoms with Gasteiger partial charge in [0.05, 0.1) is 12.6 Å². The fourth-order valence-electron chi connectivity index (χ4n) is 1.79. The molecule has 0 bridgehead atoms. The molecule has 0 radical (unpaired) electrons. The van der Waals surface area contributed by atoms with Crippen LogP contribution in [0.2, 0.25) is 5.02 Å². The quantitative estimate of drug-likeness (QED) is 0.751. The summed E-state index contributed by atoms with van der Waals surface area (Å²) in [4.78, 5) is 11.8. The number of aliphatic hydroxyl groups excluding tert-OH is 1. The molecular weight excluding hydrogens is 264 g/mol. The fraction of sp³-hybridized carbons (Fsp3) is 0.500. The Hall–Kier alpha value is -1.10. The average molecular weight is 285 g/mol. The first-order chi connectivity index (χ1) is 8.88. The van der Waals surface area contributed by atoms with Crippen molar-refractivity contribution < 1.29 is 9.90 Å². The molecule has 2 unspecified atom stereocenters. The maximum Gasteiger partial charge on any atom is 0.238 e. The molecule has 106 valence electrons. The van der Waals surface area contributed by atoms with Crippen LogP contribution in [0.15, 0.2) is 18.2 Å². The van der Waals surface area contributed by atoms with E-state index in [2.05, 4.69) is 10.6 Å². The highest BCUT2D eigenvalue weighted by molar-refractivity contribution is 6.31. The number of hydrogen-bond donors (Lipinski definition) is 3. The number of anilines is 1. The van der Waals surface area contributed by atoms with Crippen LogP contribution in [-0.2, 0) is 4.79 Å². The third-order valence-corrected chi connectivity index (χ3v) is 3.01. The summed E-state index contributed by atoms with van der Waals surface area (Å²) in [7, 11) is 0. The standard InChI is InChI=1S/C14H21ClN2O2/c1-9-4-5-12(15)7-13(9)17-14(19)8-16-10(2)6-11(3)18/h4-5,7,10-11,16,18H,6,8H2,1-3H3,(H,17,19). The Balaban J connectivity index is 2.45. The molecule has 0 fully saturated rings. The number of nitrogens with one attached hydrogen (secondary N) is 2. The van der Waals surface area contributed by atoms with Gasteiger partial charge in [-0.05, 0) is 44.9 Å². The second-order valence-electron chi connectivity index (χ2n) is 4.87. The van der Waals surface area contributed by atoms with E-state index in [4.69, 9.17) is 11.6 Å². The summed E-state index contributed by atoms with van der Waals surface area (Å²) in [5, 5.41) is 15.7. The molecule has 3 N–H and O–H groups in total. The monoisotopic (exact) mass is 284 g/mol. The van der Waals surface area contributed by atoms with Gasteiger partial charge in [-0.3, -0.25) is 4.79 Å². The van der Waals surface area contributed by atoms with Crippen molar-refractivity contribution in [1.82, 2.24) is 5.32 Å². The van der Waals surface area contributed by atoms with Gasteiger partial charge in [0.15, 0.2) is 0 Å². The molecular formula is C14H21ClN2O2. The van der Waals surface area contributed by atoms with Crippen molar-refractivity contribution in [3.05, 3.63) is 28.8 Å². The summed E-state index contributed by atoms with van der Waals surface area (Å²) in [6.45, 7) is 5.79. The van der Waals surface area contributed by atoms with Gasteiger partial charge in [0.1, 0.15) is 0 Å². The van der Waals surface area contributed by atoms with Gasteiger partial charge in [-0.1, -0.05) is 17.7 Å². The first-order valence-corrected chi connectivity index (χ1v) is 6.73. The van der Waals surface area contributed by atoms with Crippen LogP contribution < -0.4 is 10.6 Å². The Bertz CT molecular complexity index is 435. The average Bonchev–Trinajstić information content (AvgIpc) is 2.30. The highest BCUT2D eigenvalue weighted by Crippen LogP contribution is 2.19. The zero-order valence-electron chi connectivity index (χ0n) is 11.5. The van der Waals surface area contributed by atoms with Crippen molar-refractivity contribution in [1.29, 1.82) is 0 Å². The van der Waals surface area contributed by atoms with Crippen LogP contribution in [0, 0.1) is 6.92 Å². The maximum atomic E-state index is 11.8. The molecule has 19 heavy (non-hydrogen) atoms. The molecule has 0 heterocycles. The van der Waals surface area contributed by atoms with E-state index < -0.39 is 0 Å². The van der Waals surface area contributed by atoms with E-state index >= 15 is 0 Å². The van der Waals surface area contributed by atoms with Gasteiger partial charge >= 0.3 is 0 Å². The summed E-state index contributed by atoms with van der Waals surface area (Å²) >= 11 is 5.89. The van der Waals surface area contributed by atoms with E-state index in [9.17, 15) is 9.90 Å². The second-order valence-corrected chi connectivity index (χ2v) is 5.31. The Morgan fingerprint density at radius 1 is 1.42 bits per heavy atom. The molecule has 0 aliphatic carbocycles. The van der Waals surface area contributed by atoms with Gasteiger partial charge in [0.2, 0.25) is 5.91 Å². The number of hydrogen-bond acceptors (Lipinski definition) is 3. The third kappa shape index (κ3) is 6.05. The number of halogens is 1. The SMILES string of the molecule is Cc1ccc(Cl)cc1NC(=O)CNC(C)CC(C)O. The first kappa shape index (κ1) is 16.0. The van der Waals surface area contributed by atoms with Crippen LogP contribution in [0.3, 0.4) is 0 Å². The Kier molecular flexibility index (Phi) is 6.28. The van der Waals surface area contributed by atoms with Crippen LogP contribution in [-0.4, -0.2) is 29.7 Å². The molecule has 0 aromatic heterocycles. The normalized spacial score (nSPS) is 13.9. The van der Waals surface area contributed by atoms with E-state index in [0.717, 1.165) is 11.3 Å². The highest BCUT2D eigenvalue weighted by Gasteiger charge is 2.09. The smallest absolute Gasteiger partial charge is 0.238 e. The second kappa shape index (κ2) is 7.48. The molecule has 0 spiro atoms. The molecule has 1 rings (SSSR count). The lowest BCUT2D eigenvalue weighted by Gasteiger charge is -2.15. The van der Waals surface area contributed by atoms with Crippen LogP contribution >= 0.6 is 11.6 Å². The number of carbonyl (C=O) groups excluding carboxylic acids is 1. The molecule has 5 heteroatoms. The third-order valence-electron chi connectivity index (χ3n) is 2.78. The van der Waals surface area contributed by atoms with Gasteiger partial charge in [0, 0.05) is 16.8 Å². The van der Waals surface area contributed by atoms with Gasteiger partial charge in [-0.15, -0.1) is 0 Å². The largest absolute Gasteiger partial charge is 0.393 e. The predicted octanol–water partition coefficient (Wildman–Crippen LogP) is 2.34. The number of aryl methyl sites for hydroxylation is 1. The lowest BCUT2D eigenvalue weighted by molar-refractivity contribution is -0.115. The fourth-order valence-corrected chi connectivity index (χ4v) is 1.96. The Morgan fingerprint density at radius 2 is 2.11 bits per heavy atom. The van der Waals surface area contributed by atoms with Gasteiger partial charge in [0.25, 0.3) is 0 Å². The molecule has 1 aromatic rings. The highest BCUT2D eigenvalue weighted by atomic mass is 35.5. The number of carbonyl (C=O) groups is 1. The topological polar surface area (TPSA) is 61.4 Å². The van der Waals surface area contributed by atoms with Crippen molar-refractivity contribution in [2.45, 2.75) is 39.3 Å². The molecule has 4 nitrogen and oxygen atoms in total. The summed E-state index contributed by atoms with van der Waals surface area (Å²) in [6, 6.07) is 5.47. The van der Waals surface area contributed by atoms with Gasteiger partial charge in [-0.25, -0.2) is 0 Å². The van der Waals surface area contributed by atoms with Crippen molar-refractivity contribution in [3.8, 4) is 0 Å². The first-order valence-electron chi connectivity index (χ1n) is 6.36. The van der Waals surface area contributed by atoms with E-state index in [1.807, 2.05) is 19.9 Å². The Labute approximate surface area is 119 Å². The van der Waals surface area contributed by atoms with Crippen LogP contribution in [0.5, 0.6) is 0 Å². The van der Waals surface area contributed by atoms with Crippen LogP contribution in [0.25, 0.3) is 0 Å². The minimum absolute atomic E-state index is 0.0891. The van der Waals surface area contributed by atoms with E-state index in [0.29, 0.717) is 11.4 Å². The molecule has 2 atom stereocenters.